The Morgan fingerprint density at radius 1 is 1.42 bits per heavy atom. The molecule has 0 aliphatic rings. The first-order valence-electron chi connectivity index (χ1n) is 6.57. The molecule has 106 valence electrons. The number of carbonyl (C=O) groups is 1. The third-order valence-electron chi connectivity index (χ3n) is 3.25. The topological polar surface area (TPSA) is 58.6 Å². The lowest BCUT2D eigenvalue weighted by molar-refractivity contribution is -0.141. The highest BCUT2D eigenvalue weighted by Gasteiger charge is 2.14. The number of aliphatic carboxylic acids is 1. The molecule has 1 aromatic carbocycles. The molecule has 0 radical (unpaired) electrons. The number of benzene rings is 1. The number of ether oxygens (including phenoxy) is 1. The van der Waals surface area contributed by atoms with Crippen LogP contribution in [-0.4, -0.2) is 24.7 Å². The molecule has 19 heavy (non-hydrogen) atoms. The molecule has 0 bridgehead atoms. The highest BCUT2D eigenvalue weighted by molar-refractivity contribution is 5.70. The molecule has 0 heterocycles. The van der Waals surface area contributed by atoms with Gasteiger partial charge in [-0.15, -0.1) is 0 Å². The van der Waals surface area contributed by atoms with Crippen LogP contribution in [0.5, 0.6) is 5.75 Å². The first-order valence-corrected chi connectivity index (χ1v) is 6.57. The van der Waals surface area contributed by atoms with E-state index in [0.29, 0.717) is 19.5 Å². The number of hydrogen-bond acceptors (Lipinski definition) is 3. The van der Waals surface area contributed by atoms with Gasteiger partial charge in [0, 0.05) is 18.7 Å². The third-order valence-corrected chi connectivity index (χ3v) is 3.25. The Kier molecular flexibility index (Phi) is 5.83. The molecular weight excluding hydrogens is 242 g/mol. The van der Waals surface area contributed by atoms with Crippen LogP contribution in [0.2, 0.25) is 0 Å². The smallest absolute Gasteiger partial charge is 0.307 e. The van der Waals surface area contributed by atoms with Gasteiger partial charge in [-0.3, -0.25) is 4.79 Å². The van der Waals surface area contributed by atoms with Crippen LogP contribution in [0.3, 0.4) is 0 Å². The summed E-state index contributed by atoms with van der Waals surface area (Å²) in [5, 5.41) is 12.2. The van der Waals surface area contributed by atoms with Crippen molar-refractivity contribution in [3.05, 3.63) is 28.8 Å². The number of rotatable bonds is 7. The maximum Gasteiger partial charge on any atom is 0.307 e. The summed E-state index contributed by atoms with van der Waals surface area (Å²) < 4.78 is 5.41. The number of methoxy groups -OCH3 is 1. The summed E-state index contributed by atoms with van der Waals surface area (Å²) in [6.07, 6.45) is 0.631. The molecule has 1 rings (SSSR count). The van der Waals surface area contributed by atoms with Crippen molar-refractivity contribution in [2.24, 2.45) is 5.92 Å². The Hall–Kier alpha value is -1.55. The van der Waals surface area contributed by atoms with E-state index in [-0.39, 0.29) is 5.92 Å². The standard InChI is InChI=1S/C15H23NO3/c1-5-12(15(17)18)8-16-9-13-7-10(2)6-11(3)14(13)19-4/h6-7,12,16H,5,8-9H2,1-4H3,(H,17,18). The van der Waals surface area contributed by atoms with Crippen molar-refractivity contribution in [2.45, 2.75) is 33.7 Å². The maximum absolute atomic E-state index is 10.9. The Labute approximate surface area is 114 Å². The Bertz CT molecular complexity index is 443. The Morgan fingerprint density at radius 2 is 2.11 bits per heavy atom. The van der Waals surface area contributed by atoms with Crippen molar-refractivity contribution in [2.75, 3.05) is 13.7 Å². The molecule has 0 aliphatic carbocycles. The molecular formula is C15H23NO3. The Morgan fingerprint density at radius 3 is 2.63 bits per heavy atom. The van der Waals surface area contributed by atoms with Crippen LogP contribution in [0.1, 0.15) is 30.0 Å². The highest BCUT2D eigenvalue weighted by atomic mass is 16.5. The van der Waals surface area contributed by atoms with Gasteiger partial charge in [-0.1, -0.05) is 24.6 Å². The van der Waals surface area contributed by atoms with Gasteiger partial charge in [-0.2, -0.15) is 0 Å². The molecule has 1 aromatic rings. The van der Waals surface area contributed by atoms with E-state index in [4.69, 9.17) is 9.84 Å². The average molecular weight is 265 g/mol. The summed E-state index contributed by atoms with van der Waals surface area (Å²) in [5.41, 5.74) is 3.35. The predicted octanol–water partition coefficient (Wildman–Crippen LogP) is 2.51. The van der Waals surface area contributed by atoms with Gasteiger partial charge in [0.25, 0.3) is 0 Å². The minimum absolute atomic E-state index is 0.336. The van der Waals surface area contributed by atoms with Crippen molar-refractivity contribution in [1.82, 2.24) is 5.32 Å². The van der Waals surface area contributed by atoms with Gasteiger partial charge < -0.3 is 15.2 Å². The van der Waals surface area contributed by atoms with E-state index in [1.165, 1.54) is 5.56 Å². The van der Waals surface area contributed by atoms with Gasteiger partial charge in [0.2, 0.25) is 0 Å². The zero-order valence-corrected chi connectivity index (χ0v) is 12.1. The molecule has 0 aromatic heterocycles. The van der Waals surface area contributed by atoms with Gasteiger partial charge in [-0.05, 0) is 25.8 Å². The van der Waals surface area contributed by atoms with Gasteiger partial charge in [-0.25, -0.2) is 0 Å². The molecule has 2 N–H and O–H groups in total. The van der Waals surface area contributed by atoms with Crippen molar-refractivity contribution in [3.8, 4) is 5.75 Å². The molecule has 4 nitrogen and oxygen atoms in total. The predicted molar refractivity (Wildman–Crippen MR) is 75.6 cm³/mol. The van der Waals surface area contributed by atoms with Crippen LogP contribution in [0.4, 0.5) is 0 Å². The second-order valence-corrected chi connectivity index (χ2v) is 4.85. The maximum atomic E-state index is 10.9. The first-order chi connectivity index (χ1) is 8.99. The van der Waals surface area contributed by atoms with Crippen molar-refractivity contribution < 1.29 is 14.6 Å². The van der Waals surface area contributed by atoms with Crippen molar-refractivity contribution in [1.29, 1.82) is 0 Å². The normalized spacial score (nSPS) is 12.2. The first kappa shape index (κ1) is 15.5. The monoisotopic (exact) mass is 265 g/mol. The summed E-state index contributed by atoms with van der Waals surface area (Å²) in [6, 6.07) is 4.15. The lowest BCUT2D eigenvalue weighted by Crippen LogP contribution is -2.27. The van der Waals surface area contributed by atoms with Crippen LogP contribution in [0.15, 0.2) is 12.1 Å². The molecule has 1 atom stereocenters. The summed E-state index contributed by atoms with van der Waals surface area (Å²) in [4.78, 5) is 10.9. The van der Waals surface area contributed by atoms with E-state index in [9.17, 15) is 4.79 Å². The van der Waals surface area contributed by atoms with Crippen LogP contribution in [0.25, 0.3) is 0 Å². The number of nitrogens with one attached hydrogen (secondary N) is 1. The fourth-order valence-corrected chi connectivity index (χ4v) is 2.25. The average Bonchev–Trinajstić information content (AvgIpc) is 2.33. The molecule has 0 aliphatic heterocycles. The van der Waals surface area contributed by atoms with Gasteiger partial charge >= 0.3 is 5.97 Å². The van der Waals surface area contributed by atoms with E-state index in [0.717, 1.165) is 16.9 Å². The second-order valence-electron chi connectivity index (χ2n) is 4.85. The summed E-state index contributed by atoms with van der Waals surface area (Å²) in [5.74, 6) is -0.208. The lowest BCUT2D eigenvalue weighted by atomic mass is 10.0. The van der Waals surface area contributed by atoms with Gasteiger partial charge in [0.1, 0.15) is 5.75 Å². The van der Waals surface area contributed by atoms with E-state index >= 15 is 0 Å². The number of carboxylic acid groups (broad SMARTS) is 1. The SMILES string of the molecule is CCC(CNCc1cc(C)cc(C)c1OC)C(=O)O. The van der Waals surface area contributed by atoms with E-state index < -0.39 is 5.97 Å². The third kappa shape index (κ3) is 4.24. The highest BCUT2D eigenvalue weighted by Crippen LogP contribution is 2.24. The molecule has 0 saturated heterocycles. The zero-order chi connectivity index (χ0) is 14.4. The summed E-state index contributed by atoms with van der Waals surface area (Å²) >= 11 is 0. The zero-order valence-electron chi connectivity index (χ0n) is 12.1. The van der Waals surface area contributed by atoms with Crippen LogP contribution < -0.4 is 10.1 Å². The molecule has 0 spiro atoms. The number of aryl methyl sites for hydroxylation is 2. The van der Waals surface area contributed by atoms with E-state index in [2.05, 4.69) is 17.4 Å². The van der Waals surface area contributed by atoms with Crippen molar-refractivity contribution in [3.63, 3.8) is 0 Å². The molecule has 1 unspecified atom stereocenters. The van der Waals surface area contributed by atoms with Crippen molar-refractivity contribution >= 4 is 5.97 Å². The second kappa shape index (κ2) is 7.14. The summed E-state index contributed by atoms with van der Waals surface area (Å²) in [6.45, 7) is 7.04. The van der Waals surface area contributed by atoms with E-state index in [1.807, 2.05) is 20.8 Å². The van der Waals surface area contributed by atoms with Crippen LogP contribution in [-0.2, 0) is 11.3 Å². The largest absolute Gasteiger partial charge is 0.496 e. The minimum atomic E-state index is -0.748. The van der Waals surface area contributed by atoms with Crippen LogP contribution >= 0.6 is 0 Å². The van der Waals surface area contributed by atoms with Gasteiger partial charge in [0.05, 0.1) is 13.0 Å². The number of carboxylic acids is 1. The molecule has 0 fully saturated rings. The fourth-order valence-electron chi connectivity index (χ4n) is 2.25. The van der Waals surface area contributed by atoms with E-state index in [1.54, 1.807) is 7.11 Å². The minimum Gasteiger partial charge on any atom is -0.496 e. The quantitative estimate of drug-likeness (QED) is 0.795. The van der Waals surface area contributed by atoms with Gasteiger partial charge in [0.15, 0.2) is 0 Å². The molecule has 0 saturated carbocycles. The molecule has 0 amide bonds. The lowest BCUT2D eigenvalue weighted by Gasteiger charge is -2.15. The van der Waals surface area contributed by atoms with Crippen LogP contribution in [0, 0.1) is 19.8 Å². The summed E-state index contributed by atoms with van der Waals surface area (Å²) in [7, 11) is 1.66. The molecule has 4 heteroatoms. The number of hydrogen-bond donors (Lipinski definition) is 2. The Balaban J connectivity index is 2.70. The fraction of sp³-hybridized carbons (Fsp3) is 0.533.